The second kappa shape index (κ2) is 6.05. The first-order valence-corrected chi connectivity index (χ1v) is 7.54. The van der Waals surface area contributed by atoms with Crippen LogP contribution in [0.3, 0.4) is 0 Å². The van der Waals surface area contributed by atoms with Crippen LogP contribution in [0.25, 0.3) is 0 Å². The summed E-state index contributed by atoms with van der Waals surface area (Å²) in [5.74, 6) is 3.03. The maximum Gasteiger partial charge on any atom is 0.00954 e. The maximum atomic E-state index is 3.74. The molecule has 3 unspecified atom stereocenters. The second-order valence-corrected chi connectivity index (χ2v) is 6.14. The van der Waals surface area contributed by atoms with Crippen LogP contribution < -0.4 is 5.32 Å². The van der Waals surface area contributed by atoms with Crippen molar-refractivity contribution in [2.45, 2.75) is 71.3 Å². The summed E-state index contributed by atoms with van der Waals surface area (Å²) in [6, 6.07) is 0.825. The second-order valence-electron chi connectivity index (χ2n) is 6.14. The van der Waals surface area contributed by atoms with E-state index in [0.717, 1.165) is 23.8 Å². The lowest BCUT2D eigenvalue weighted by molar-refractivity contribution is 0.293. The quantitative estimate of drug-likeness (QED) is 0.743. The van der Waals surface area contributed by atoms with Gasteiger partial charge in [0, 0.05) is 6.04 Å². The average Bonchev–Trinajstić information content (AvgIpc) is 2.89. The zero-order chi connectivity index (χ0) is 11.4. The number of hydrogen-bond acceptors (Lipinski definition) is 1. The number of nitrogens with one attached hydrogen (secondary N) is 1. The first-order valence-electron chi connectivity index (χ1n) is 7.54. The third kappa shape index (κ3) is 3.00. The monoisotopic (exact) mass is 223 g/mol. The first kappa shape index (κ1) is 12.4. The van der Waals surface area contributed by atoms with Crippen molar-refractivity contribution in [3.63, 3.8) is 0 Å². The van der Waals surface area contributed by atoms with Crippen LogP contribution in [0.2, 0.25) is 0 Å². The number of rotatable bonds is 5. The summed E-state index contributed by atoms with van der Waals surface area (Å²) in [6.07, 6.45) is 11.8. The van der Waals surface area contributed by atoms with Crippen molar-refractivity contribution in [2.75, 3.05) is 6.54 Å². The van der Waals surface area contributed by atoms with Crippen molar-refractivity contribution in [1.82, 2.24) is 5.32 Å². The molecular weight excluding hydrogens is 194 g/mol. The molecule has 94 valence electrons. The van der Waals surface area contributed by atoms with E-state index in [1.54, 1.807) is 0 Å². The average molecular weight is 223 g/mol. The van der Waals surface area contributed by atoms with Gasteiger partial charge in [-0.3, -0.25) is 0 Å². The predicted molar refractivity (Wildman–Crippen MR) is 70.5 cm³/mol. The molecule has 1 nitrogen and oxygen atoms in total. The Morgan fingerprint density at radius 2 is 1.81 bits per heavy atom. The van der Waals surface area contributed by atoms with Gasteiger partial charge in [-0.05, 0) is 50.0 Å². The van der Waals surface area contributed by atoms with E-state index in [4.69, 9.17) is 0 Å². The molecular formula is C15H29N. The summed E-state index contributed by atoms with van der Waals surface area (Å²) < 4.78 is 0. The van der Waals surface area contributed by atoms with E-state index in [0.29, 0.717) is 0 Å². The summed E-state index contributed by atoms with van der Waals surface area (Å²) in [4.78, 5) is 0. The molecule has 0 aromatic heterocycles. The van der Waals surface area contributed by atoms with Crippen molar-refractivity contribution in [3.05, 3.63) is 0 Å². The molecule has 1 N–H and O–H groups in total. The minimum Gasteiger partial charge on any atom is -0.314 e. The molecule has 16 heavy (non-hydrogen) atoms. The Labute approximate surface area is 101 Å². The zero-order valence-corrected chi connectivity index (χ0v) is 11.2. The molecule has 2 aliphatic carbocycles. The molecule has 0 aliphatic heterocycles. The van der Waals surface area contributed by atoms with Crippen molar-refractivity contribution in [1.29, 1.82) is 0 Å². The first-order chi connectivity index (χ1) is 7.81. The van der Waals surface area contributed by atoms with Crippen LogP contribution in [0.4, 0.5) is 0 Å². The largest absolute Gasteiger partial charge is 0.314 e. The molecule has 0 aromatic carbocycles. The molecule has 2 rings (SSSR count). The van der Waals surface area contributed by atoms with Gasteiger partial charge in [-0.1, -0.05) is 39.5 Å². The van der Waals surface area contributed by atoms with E-state index < -0.39 is 0 Å². The highest BCUT2D eigenvalue weighted by atomic mass is 14.9. The van der Waals surface area contributed by atoms with Crippen LogP contribution in [-0.4, -0.2) is 12.6 Å². The van der Waals surface area contributed by atoms with Crippen LogP contribution >= 0.6 is 0 Å². The van der Waals surface area contributed by atoms with E-state index in [1.807, 2.05) is 0 Å². The molecule has 3 atom stereocenters. The Morgan fingerprint density at radius 1 is 1.06 bits per heavy atom. The fourth-order valence-electron chi connectivity index (χ4n) is 3.87. The van der Waals surface area contributed by atoms with E-state index in [9.17, 15) is 0 Å². The molecule has 2 fully saturated rings. The van der Waals surface area contributed by atoms with Crippen molar-refractivity contribution in [2.24, 2.45) is 17.8 Å². The van der Waals surface area contributed by atoms with Gasteiger partial charge in [0.2, 0.25) is 0 Å². The minimum atomic E-state index is 0.825. The summed E-state index contributed by atoms with van der Waals surface area (Å²) in [7, 11) is 0. The maximum absolute atomic E-state index is 3.74. The Kier molecular flexibility index (Phi) is 4.69. The lowest BCUT2D eigenvalue weighted by Gasteiger charge is -2.23. The topological polar surface area (TPSA) is 12.0 Å². The lowest BCUT2D eigenvalue weighted by Crippen LogP contribution is -2.33. The molecule has 0 heterocycles. The van der Waals surface area contributed by atoms with E-state index in [1.165, 1.54) is 57.9 Å². The molecule has 0 saturated heterocycles. The summed E-state index contributed by atoms with van der Waals surface area (Å²) >= 11 is 0. The molecule has 0 spiro atoms. The van der Waals surface area contributed by atoms with Crippen molar-refractivity contribution >= 4 is 0 Å². The molecule has 0 amide bonds. The lowest BCUT2D eigenvalue weighted by atomic mass is 9.86. The zero-order valence-electron chi connectivity index (χ0n) is 11.2. The van der Waals surface area contributed by atoms with E-state index in [-0.39, 0.29) is 0 Å². The molecule has 0 aromatic rings. The fraction of sp³-hybridized carbons (Fsp3) is 1.00. The Morgan fingerprint density at radius 3 is 2.50 bits per heavy atom. The normalized spacial score (nSPS) is 36.0. The van der Waals surface area contributed by atoms with Gasteiger partial charge in [0.05, 0.1) is 0 Å². The van der Waals surface area contributed by atoms with Gasteiger partial charge in [0.15, 0.2) is 0 Å². The van der Waals surface area contributed by atoms with Crippen LogP contribution in [-0.2, 0) is 0 Å². The molecule has 0 radical (unpaired) electrons. The number of hydrogen-bond donors (Lipinski definition) is 1. The van der Waals surface area contributed by atoms with Crippen LogP contribution in [0.1, 0.15) is 65.2 Å². The third-order valence-corrected chi connectivity index (χ3v) is 4.99. The van der Waals surface area contributed by atoms with Gasteiger partial charge in [-0.25, -0.2) is 0 Å². The third-order valence-electron chi connectivity index (χ3n) is 4.99. The summed E-state index contributed by atoms with van der Waals surface area (Å²) in [5, 5.41) is 3.74. The fourth-order valence-corrected chi connectivity index (χ4v) is 3.87. The van der Waals surface area contributed by atoms with Crippen LogP contribution in [0.5, 0.6) is 0 Å². The van der Waals surface area contributed by atoms with Gasteiger partial charge in [0.1, 0.15) is 0 Å². The highest BCUT2D eigenvalue weighted by molar-refractivity contribution is 4.88. The Balaban J connectivity index is 1.74. The van der Waals surface area contributed by atoms with Gasteiger partial charge in [-0.2, -0.15) is 0 Å². The van der Waals surface area contributed by atoms with Crippen molar-refractivity contribution < 1.29 is 0 Å². The SMILES string of the molecule is CCCNC1CCC(CC2CCCC2)C1C. The van der Waals surface area contributed by atoms with Gasteiger partial charge in [-0.15, -0.1) is 0 Å². The van der Waals surface area contributed by atoms with Crippen LogP contribution in [0.15, 0.2) is 0 Å². The van der Waals surface area contributed by atoms with Crippen LogP contribution in [0, 0.1) is 17.8 Å². The Bertz CT molecular complexity index is 196. The minimum absolute atomic E-state index is 0.825. The summed E-state index contributed by atoms with van der Waals surface area (Å²) in [5.41, 5.74) is 0. The molecule has 0 bridgehead atoms. The molecule has 2 aliphatic rings. The van der Waals surface area contributed by atoms with Gasteiger partial charge >= 0.3 is 0 Å². The summed E-state index contributed by atoms with van der Waals surface area (Å²) in [6.45, 7) is 5.97. The van der Waals surface area contributed by atoms with E-state index in [2.05, 4.69) is 19.2 Å². The van der Waals surface area contributed by atoms with Gasteiger partial charge < -0.3 is 5.32 Å². The predicted octanol–water partition coefficient (Wildman–Crippen LogP) is 3.98. The standard InChI is InChI=1S/C15H29N/c1-3-10-16-15-9-8-14(12(15)2)11-13-6-4-5-7-13/h12-16H,3-11H2,1-2H3. The van der Waals surface area contributed by atoms with E-state index >= 15 is 0 Å². The smallest absolute Gasteiger partial charge is 0.00954 e. The van der Waals surface area contributed by atoms with Gasteiger partial charge in [0.25, 0.3) is 0 Å². The molecule has 2 saturated carbocycles. The Hall–Kier alpha value is -0.0400. The van der Waals surface area contributed by atoms with Crippen molar-refractivity contribution in [3.8, 4) is 0 Å². The highest BCUT2D eigenvalue weighted by Gasteiger charge is 2.33. The molecule has 1 heteroatoms. The highest BCUT2D eigenvalue weighted by Crippen LogP contribution is 2.40.